The minimum atomic E-state index is -1.57. The molecule has 0 aliphatic carbocycles. The van der Waals surface area contributed by atoms with Gasteiger partial charge in [-0.3, -0.25) is 0 Å². The van der Waals surface area contributed by atoms with E-state index in [0.717, 1.165) is 22.4 Å². The number of methoxy groups -OCH3 is 1. The summed E-state index contributed by atoms with van der Waals surface area (Å²) in [6, 6.07) is 14.7. The van der Waals surface area contributed by atoms with Gasteiger partial charge in [0.05, 0.1) is 20.7 Å². The van der Waals surface area contributed by atoms with Gasteiger partial charge < -0.3 is 9.72 Å². The number of H-pyrrole nitrogens is 1. The molecule has 4 rings (SSSR count). The molecular formula is C19H20N2OSi. The van der Waals surface area contributed by atoms with Gasteiger partial charge in [-0.05, 0) is 23.4 Å². The molecule has 0 unspecified atom stereocenters. The molecule has 0 amide bonds. The third kappa shape index (κ3) is 2.13. The van der Waals surface area contributed by atoms with Crippen LogP contribution in [0.4, 0.5) is 0 Å². The van der Waals surface area contributed by atoms with Crippen molar-refractivity contribution in [2.45, 2.75) is 19.6 Å². The van der Waals surface area contributed by atoms with E-state index >= 15 is 0 Å². The van der Waals surface area contributed by atoms with Gasteiger partial charge in [-0.1, -0.05) is 37.8 Å². The summed E-state index contributed by atoms with van der Waals surface area (Å²) in [6.07, 6.45) is 0. The van der Waals surface area contributed by atoms with Crippen molar-refractivity contribution in [2.24, 2.45) is 0 Å². The maximum Gasteiger partial charge on any atom is 0.138 e. The van der Waals surface area contributed by atoms with E-state index in [1.807, 2.05) is 12.1 Å². The maximum atomic E-state index is 5.38. The van der Waals surface area contributed by atoms with Crippen molar-refractivity contribution >= 4 is 46.1 Å². The fourth-order valence-corrected chi connectivity index (χ4v) is 5.46. The Bertz CT molecular complexity index is 1040. The lowest BCUT2D eigenvalue weighted by Gasteiger charge is -2.21. The first-order chi connectivity index (χ1) is 11.0. The second-order valence-corrected chi connectivity index (χ2v) is 12.0. The number of nitrogens with zero attached hydrogens (tertiary/aromatic N) is 1. The lowest BCUT2D eigenvalue weighted by atomic mass is 10.1. The normalized spacial score (nSPS) is 12.3. The zero-order valence-corrected chi connectivity index (χ0v) is 14.9. The fraction of sp³-hybridized carbons (Fsp3) is 0.211. The summed E-state index contributed by atoms with van der Waals surface area (Å²) in [6.45, 7) is 7.19. The van der Waals surface area contributed by atoms with Crippen LogP contribution >= 0.6 is 0 Å². The molecule has 0 saturated carbocycles. The molecule has 3 nitrogen and oxygen atoms in total. The Balaban J connectivity index is 2.27. The Morgan fingerprint density at radius 1 is 1.00 bits per heavy atom. The number of rotatable bonds is 2. The van der Waals surface area contributed by atoms with Crippen molar-refractivity contribution < 1.29 is 4.74 Å². The SMILES string of the molecule is COc1ccc2c([Si](C)(C)C)c3c(nc2c1)[nH]c1ccccc13. The molecule has 0 fully saturated rings. The number of pyridine rings is 1. The smallest absolute Gasteiger partial charge is 0.138 e. The molecule has 0 atom stereocenters. The Labute approximate surface area is 136 Å². The molecule has 2 aromatic carbocycles. The van der Waals surface area contributed by atoms with Crippen LogP contribution in [0.15, 0.2) is 42.5 Å². The standard InChI is InChI=1S/C19H20N2OSi/c1-22-12-9-10-14-16(11-12)21-19-17(18(14)23(2,3)4)13-7-5-6-8-15(13)20-19/h5-11H,1-4H3,(H,20,21). The predicted octanol–water partition coefficient (Wildman–Crippen LogP) is 4.42. The van der Waals surface area contributed by atoms with Crippen LogP contribution in [0.3, 0.4) is 0 Å². The minimum absolute atomic E-state index is 0.849. The average Bonchev–Trinajstić information content (AvgIpc) is 2.88. The largest absolute Gasteiger partial charge is 0.497 e. The molecule has 0 saturated heterocycles. The monoisotopic (exact) mass is 320 g/mol. The van der Waals surface area contributed by atoms with E-state index in [-0.39, 0.29) is 0 Å². The summed E-state index contributed by atoms with van der Waals surface area (Å²) in [5.41, 5.74) is 3.13. The Morgan fingerprint density at radius 3 is 2.52 bits per heavy atom. The van der Waals surface area contributed by atoms with E-state index < -0.39 is 8.07 Å². The quantitative estimate of drug-likeness (QED) is 0.555. The van der Waals surface area contributed by atoms with Crippen LogP contribution in [0.5, 0.6) is 5.75 Å². The van der Waals surface area contributed by atoms with Crippen molar-refractivity contribution in [2.75, 3.05) is 7.11 Å². The zero-order chi connectivity index (χ0) is 16.2. The van der Waals surface area contributed by atoms with Crippen LogP contribution in [0.1, 0.15) is 0 Å². The number of benzene rings is 2. The van der Waals surface area contributed by atoms with Gasteiger partial charge in [0.25, 0.3) is 0 Å². The van der Waals surface area contributed by atoms with Crippen molar-refractivity contribution in [3.05, 3.63) is 42.5 Å². The highest BCUT2D eigenvalue weighted by Gasteiger charge is 2.25. The number of para-hydroxylation sites is 1. The summed E-state index contributed by atoms with van der Waals surface area (Å²) in [4.78, 5) is 8.37. The molecule has 2 aromatic heterocycles. The number of ether oxygens (including phenoxy) is 1. The molecular weight excluding hydrogens is 300 g/mol. The summed E-state index contributed by atoms with van der Waals surface area (Å²) < 4.78 is 5.38. The van der Waals surface area contributed by atoms with Gasteiger partial charge in [-0.25, -0.2) is 4.98 Å². The van der Waals surface area contributed by atoms with Crippen LogP contribution in [0, 0.1) is 0 Å². The zero-order valence-electron chi connectivity index (χ0n) is 13.9. The first-order valence-electron chi connectivity index (χ1n) is 7.87. The van der Waals surface area contributed by atoms with Crippen LogP contribution < -0.4 is 9.92 Å². The van der Waals surface area contributed by atoms with Crippen LogP contribution in [-0.4, -0.2) is 25.2 Å². The summed E-state index contributed by atoms with van der Waals surface area (Å²) in [7, 11) is 0.125. The van der Waals surface area contributed by atoms with Crippen LogP contribution in [0.25, 0.3) is 32.8 Å². The van der Waals surface area contributed by atoms with Gasteiger partial charge >= 0.3 is 0 Å². The third-order valence-electron chi connectivity index (χ3n) is 4.39. The molecule has 0 aliphatic heterocycles. The van der Waals surface area contributed by atoms with E-state index in [1.54, 1.807) is 7.11 Å². The summed E-state index contributed by atoms with van der Waals surface area (Å²) in [5, 5.41) is 5.28. The molecule has 116 valence electrons. The highest BCUT2D eigenvalue weighted by atomic mass is 28.3. The van der Waals surface area contributed by atoms with Crippen molar-refractivity contribution in [3.8, 4) is 5.75 Å². The van der Waals surface area contributed by atoms with Gasteiger partial charge in [0.15, 0.2) is 0 Å². The number of hydrogen-bond donors (Lipinski definition) is 1. The van der Waals surface area contributed by atoms with E-state index in [4.69, 9.17) is 9.72 Å². The van der Waals surface area contributed by atoms with Gasteiger partial charge in [0, 0.05) is 27.7 Å². The lowest BCUT2D eigenvalue weighted by Crippen LogP contribution is -2.38. The molecule has 4 aromatic rings. The average molecular weight is 320 g/mol. The lowest BCUT2D eigenvalue weighted by molar-refractivity contribution is 0.415. The van der Waals surface area contributed by atoms with Crippen LogP contribution in [-0.2, 0) is 0 Å². The molecule has 0 aliphatic rings. The van der Waals surface area contributed by atoms with Crippen LogP contribution in [0.2, 0.25) is 19.6 Å². The molecule has 1 N–H and O–H groups in total. The molecule has 2 heterocycles. The van der Waals surface area contributed by atoms with Gasteiger partial charge in [0.1, 0.15) is 11.4 Å². The topological polar surface area (TPSA) is 37.9 Å². The van der Waals surface area contributed by atoms with E-state index in [0.29, 0.717) is 0 Å². The molecule has 0 radical (unpaired) electrons. The molecule has 23 heavy (non-hydrogen) atoms. The molecule has 0 spiro atoms. The summed E-state index contributed by atoms with van der Waals surface area (Å²) >= 11 is 0. The highest BCUT2D eigenvalue weighted by Crippen LogP contribution is 2.29. The van der Waals surface area contributed by atoms with Gasteiger partial charge in [-0.15, -0.1) is 0 Å². The second-order valence-electron chi connectivity index (χ2n) is 7.01. The van der Waals surface area contributed by atoms with E-state index in [9.17, 15) is 0 Å². The third-order valence-corrected chi connectivity index (χ3v) is 6.41. The molecule has 0 bridgehead atoms. The number of hydrogen-bond acceptors (Lipinski definition) is 2. The Hall–Kier alpha value is -2.33. The number of aromatic nitrogens is 2. The Morgan fingerprint density at radius 2 is 1.78 bits per heavy atom. The van der Waals surface area contributed by atoms with E-state index in [1.165, 1.54) is 21.3 Å². The minimum Gasteiger partial charge on any atom is -0.497 e. The van der Waals surface area contributed by atoms with E-state index in [2.05, 4.69) is 55.0 Å². The maximum absolute atomic E-state index is 5.38. The molecule has 4 heteroatoms. The van der Waals surface area contributed by atoms with Crippen molar-refractivity contribution in [3.63, 3.8) is 0 Å². The Kier molecular flexibility index (Phi) is 3.00. The number of nitrogens with one attached hydrogen (secondary N) is 1. The first-order valence-corrected chi connectivity index (χ1v) is 11.4. The predicted molar refractivity (Wildman–Crippen MR) is 101 cm³/mol. The first kappa shape index (κ1) is 14.3. The van der Waals surface area contributed by atoms with Crippen molar-refractivity contribution in [1.82, 2.24) is 9.97 Å². The fourth-order valence-electron chi connectivity index (χ4n) is 3.44. The highest BCUT2D eigenvalue weighted by molar-refractivity contribution is 6.92. The summed E-state index contributed by atoms with van der Waals surface area (Å²) in [5.74, 6) is 0.849. The van der Waals surface area contributed by atoms with Gasteiger partial charge in [0.2, 0.25) is 0 Å². The van der Waals surface area contributed by atoms with Gasteiger partial charge in [-0.2, -0.15) is 0 Å². The number of aromatic amines is 1. The second kappa shape index (κ2) is 4.83. The number of fused-ring (bicyclic) bond motifs is 4. The van der Waals surface area contributed by atoms with Crippen molar-refractivity contribution in [1.29, 1.82) is 0 Å².